The molecule has 0 spiro atoms. The minimum Gasteiger partial charge on any atom is -0.351 e. The fourth-order valence-electron chi connectivity index (χ4n) is 4.62. The zero-order chi connectivity index (χ0) is 22.0. The van der Waals surface area contributed by atoms with Crippen molar-refractivity contribution < 1.29 is 8.42 Å². The maximum Gasteiger partial charge on any atom is 0.270 e. The van der Waals surface area contributed by atoms with Crippen LogP contribution in [0.2, 0.25) is 0 Å². The highest BCUT2D eigenvalue weighted by molar-refractivity contribution is 7.88. The predicted molar refractivity (Wildman–Crippen MR) is 118 cm³/mol. The summed E-state index contributed by atoms with van der Waals surface area (Å²) in [6.07, 6.45) is 9.95. The number of sulfonamides is 1. The molecule has 9 nitrogen and oxygen atoms in total. The number of rotatable bonds is 5. The van der Waals surface area contributed by atoms with Crippen LogP contribution in [0.4, 0.5) is 5.95 Å². The first-order valence-corrected chi connectivity index (χ1v) is 12.7. The van der Waals surface area contributed by atoms with Crippen molar-refractivity contribution in [2.45, 2.75) is 57.5 Å². The third-order valence-electron chi connectivity index (χ3n) is 6.37. The SMILES string of the molecule is CS(=O)(=O)N1CCC(Nc2ncc3cc(C#N)c(=O)n(CC4CCCCC4)c3n2)CC1. The molecule has 2 fully saturated rings. The maximum atomic E-state index is 12.9. The van der Waals surface area contributed by atoms with E-state index in [1.807, 2.05) is 6.07 Å². The molecule has 1 aliphatic heterocycles. The van der Waals surface area contributed by atoms with Crippen LogP contribution in [0.25, 0.3) is 11.0 Å². The van der Waals surface area contributed by atoms with Gasteiger partial charge in [-0.15, -0.1) is 0 Å². The van der Waals surface area contributed by atoms with Gasteiger partial charge in [-0.25, -0.2) is 17.7 Å². The van der Waals surface area contributed by atoms with E-state index >= 15 is 0 Å². The Kier molecular flexibility index (Phi) is 6.25. The Morgan fingerprint density at radius 1 is 1.19 bits per heavy atom. The molecule has 4 rings (SSSR count). The van der Waals surface area contributed by atoms with Crippen LogP contribution in [0.3, 0.4) is 0 Å². The number of hydrogen-bond donors (Lipinski definition) is 1. The number of nitriles is 1. The summed E-state index contributed by atoms with van der Waals surface area (Å²) in [5, 5.41) is 13.4. The van der Waals surface area contributed by atoms with Crippen LogP contribution >= 0.6 is 0 Å². The molecule has 0 unspecified atom stereocenters. The van der Waals surface area contributed by atoms with Crippen molar-refractivity contribution in [1.29, 1.82) is 5.26 Å². The van der Waals surface area contributed by atoms with E-state index in [1.165, 1.54) is 29.8 Å². The van der Waals surface area contributed by atoms with Gasteiger partial charge in [-0.05, 0) is 37.7 Å². The molecular formula is C21H28N6O3S. The number of hydrogen-bond acceptors (Lipinski definition) is 7. The summed E-state index contributed by atoms with van der Waals surface area (Å²) < 4.78 is 26.5. The zero-order valence-electron chi connectivity index (χ0n) is 17.7. The standard InChI is InChI=1S/C21H28N6O3S/c1-31(29,30)26-9-7-18(8-10-26)24-21-23-13-17-11-16(12-22)20(28)27(19(17)25-21)14-15-5-3-2-4-6-15/h11,13,15,18H,2-10,14H2,1H3,(H,23,24,25). The molecule has 1 aliphatic carbocycles. The molecular weight excluding hydrogens is 416 g/mol. The second-order valence-electron chi connectivity index (χ2n) is 8.64. The molecule has 0 atom stereocenters. The van der Waals surface area contributed by atoms with Crippen LogP contribution in [0.15, 0.2) is 17.1 Å². The monoisotopic (exact) mass is 444 g/mol. The first kappa shape index (κ1) is 21.7. The highest BCUT2D eigenvalue weighted by Gasteiger charge is 2.25. The molecule has 0 amide bonds. The molecule has 10 heteroatoms. The fourth-order valence-corrected chi connectivity index (χ4v) is 5.49. The third-order valence-corrected chi connectivity index (χ3v) is 7.67. The van der Waals surface area contributed by atoms with E-state index in [1.54, 1.807) is 16.8 Å². The van der Waals surface area contributed by atoms with Gasteiger partial charge in [0.25, 0.3) is 5.56 Å². The van der Waals surface area contributed by atoms with Crippen molar-refractivity contribution in [1.82, 2.24) is 18.8 Å². The summed E-state index contributed by atoms with van der Waals surface area (Å²) in [4.78, 5) is 21.9. The van der Waals surface area contributed by atoms with Crippen molar-refractivity contribution in [3.05, 3.63) is 28.2 Å². The van der Waals surface area contributed by atoms with Gasteiger partial charge in [0.2, 0.25) is 16.0 Å². The summed E-state index contributed by atoms with van der Waals surface area (Å²) in [7, 11) is -3.17. The van der Waals surface area contributed by atoms with Crippen molar-refractivity contribution in [3.63, 3.8) is 0 Å². The van der Waals surface area contributed by atoms with E-state index in [0.717, 1.165) is 12.8 Å². The van der Waals surface area contributed by atoms with Gasteiger partial charge in [0.05, 0.1) is 6.26 Å². The topological polar surface area (TPSA) is 121 Å². The van der Waals surface area contributed by atoms with Crippen molar-refractivity contribution in [2.75, 3.05) is 24.7 Å². The third kappa shape index (κ3) is 4.88. The lowest BCUT2D eigenvalue weighted by Crippen LogP contribution is -2.42. The van der Waals surface area contributed by atoms with Gasteiger partial charge in [-0.3, -0.25) is 9.36 Å². The molecule has 2 aromatic heterocycles. The number of aromatic nitrogens is 3. The van der Waals surface area contributed by atoms with Crippen molar-refractivity contribution in [3.8, 4) is 6.07 Å². The molecule has 0 radical (unpaired) electrons. The van der Waals surface area contributed by atoms with Crippen molar-refractivity contribution in [2.24, 2.45) is 5.92 Å². The number of nitrogens with zero attached hydrogens (tertiary/aromatic N) is 5. The Balaban J connectivity index is 1.59. The number of fused-ring (bicyclic) bond motifs is 1. The van der Waals surface area contributed by atoms with Crippen LogP contribution < -0.4 is 10.9 Å². The summed E-state index contributed by atoms with van der Waals surface area (Å²) >= 11 is 0. The first-order chi connectivity index (χ1) is 14.8. The lowest BCUT2D eigenvalue weighted by atomic mass is 9.89. The fraction of sp³-hybridized carbons (Fsp3) is 0.619. The summed E-state index contributed by atoms with van der Waals surface area (Å²) in [5.41, 5.74) is 0.355. The molecule has 2 aromatic rings. The number of anilines is 1. The van der Waals surface area contributed by atoms with E-state index in [4.69, 9.17) is 0 Å². The van der Waals surface area contributed by atoms with Gasteiger partial charge in [0.15, 0.2) is 0 Å². The molecule has 0 bridgehead atoms. The van der Waals surface area contributed by atoms with Gasteiger partial charge in [-0.1, -0.05) is 19.3 Å². The largest absolute Gasteiger partial charge is 0.351 e. The quantitative estimate of drug-likeness (QED) is 0.749. The average molecular weight is 445 g/mol. The molecule has 1 saturated heterocycles. The van der Waals surface area contributed by atoms with Crippen LogP contribution in [0.5, 0.6) is 0 Å². The number of nitrogens with one attached hydrogen (secondary N) is 1. The Labute approximate surface area is 182 Å². The van der Waals surface area contributed by atoms with Gasteiger partial charge in [-0.2, -0.15) is 10.2 Å². The zero-order valence-corrected chi connectivity index (χ0v) is 18.6. The molecule has 2 aliphatic rings. The van der Waals surface area contributed by atoms with E-state index in [0.29, 0.717) is 55.4 Å². The lowest BCUT2D eigenvalue weighted by molar-refractivity contribution is 0.319. The summed E-state index contributed by atoms with van der Waals surface area (Å²) in [6.45, 7) is 1.48. The van der Waals surface area contributed by atoms with Crippen LogP contribution in [0, 0.1) is 17.2 Å². The van der Waals surface area contributed by atoms with E-state index in [9.17, 15) is 18.5 Å². The predicted octanol–water partition coefficient (Wildman–Crippen LogP) is 2.08. The van der Waals surface area contributed by atoms with E-state index in [-0.39, 0.29) is 17.2 Å². The minimum absolute atomic E-state index is 0.0624. The summed E-state index contributed by atoms with van der Waals surface area (Å²) in [6, 6.07) is 3.62. The van der Waals surface area contributed by atoms with Crippen LogP contribution in [0.1, 0.15) is 50.5 Å². The number of pyridine rings is 1. The maximum absolute atomic E-state index is 12.9. The van der Waals surface area contributed by atoms with Crippen LogP contribution in [-0.4, -0.2) is 52.6 Å². The second-order valence-corrected chi connectivity index (χ2v) is 10.6. The normalized spacial score (nSPS) is 19.4. The second kappa shape index (κ2) is 8.93. The minimum atomic E-state index is -3.17. The highest BCUT2D eigenvalue weighted by Crippen LogP contribution is 2.26. The van der Waals surface area contributed by atoms with Crippen molar-refractivity contribution >= 4 is 27.0 Å². The Morgan fingerprint density at radius 3 is 2.55 bits per heavy atom. The smallest absolute Gasteiger partial charge is 0.270 e. The molecule has 1 N–H and O–H groups in total. The lowest BCUT2D eigenvalue weighted by Gasteiger charge is -2.30. The molecule has 166 valence electrons. The Morgan fingerprint density at radius 2 is 1.90 bits per heavy atom. The van der Waals surface area contributed by atoms with E-state index < -0.39 is 10.0 Å². The Bertz CT molecular complexity index is 1160. The van der Waals surface area contributed by atoms with Gasteiger partial charge < -0.3 is 5.32 Å². The molecule has 0 aromatic carbocycles. The Hall–Kier alpha value is -2.51. The van der Waals surface area contributed by atoms with E-state index in [2.05, 4.69) is 15.3 Å². The van der Waals surface area contributed by atoms with Gasteiger partial charge >= 0.3 is 0 Å². The first-order valence-electron chi connectivity index (χ1n) is 10.9. The van der Waals surface area contributed by atoms with Gasteiger partial charge in [0.1, 0.15) is 17.3 Å². The molecule has 31 heavy (non-hydrogen) atoms. The number of piperidine rings is 1. The van der Waals surface area contributed by atoms with Gasteiger partial charge in [0, 0.05) is 37.3 Å². The average Bonchev–Trinajstić information content (AvgIpc) is 2.76. The molecule has 3 heterocycles. The highest BCUT2D eigenvalue weighted by atomic mass is 32.2. The molecule has 1 saturated carbocycles. The summed E-state index contributed by atoms with van der Waals surface area (Å²) in [5.74, 6) is 0.835. The van der Waals surface area contributed by atoms with Crippen LogP contribution in [-0.2, 0) is 16.6 Å².